The molecule has 1 aromatic carbocycles. The smallest absolute Gasteiger partial charge is 0.295 e. The molecule has 0 saturated heterocycles. The minimum absolute atomic E-state index is 0.134. The maximum Gasteiger partial charge on any atom is 0.295 e. The van der Waals surface area contributed by atoms with Crippen molar-refractivity contribution in [2.24, 2.45) is 7.05 Å². The highest BCUT2D eigenvalue weighted by molar-refractivity contribution is 7.80. The lowest BCUT2D eigenvalue weighted by atomic mass is 10.3. The van der Waals surface area contributed by atoms with Gasteiger partial charge in [0, 0.05) is 13.6 Å². The Bertz CT molecular complexity index is 758. The number of hydrogen-bond donors (Lipinski definition) is 2. The highest BCUT2D eigenvalue weighted by atomic mass is 32.1. The van der Waals surface area contributed by atoms with Gasteiger partial charge in [0.2, 0.25) is 0 Å². The van der Waals surface area contributed by atoms with Gasteiger partial charge in [-0.2, -0.15) is 0 Å². The second-order valence-corrected chi connectivity index (χ2v) is 5.61. The van der Waals surface area contributed by atoms with E-state index in [1.54, 1.807) is 9.36 Å². The van der Waals surface area contributed by atoms with Crippen molar-refractivity contribution in [1.82, 2.24) is 14.7 Å². The summed E-state index contributed by atoms with van der Waals surface area (Å²) in [6.45, 7) is 8.17. The van der Waals surface area contributed by atoms with Crippen LogP contribution in [-0.2, 0) is 7.05 Å². The molecule has 0 fully saturated rings. The number of rotatable bonds is 4. The Morgan fingerprint density at radius 3 is 2.55 bits per heavy atom. The first-order valence-electron chi connectivity index (χ1n) is 6.95. The third-order valence-electron chi connectivity index (χ3n) is 3.34. The molecule has 0 radical (unpaired) electrons. The predicted octanol–water partition coefficient (Wildman–Crippen LogP) is 2.35. The van der Waals surface area contributed by atoms with Crippen LogP contribution < -0.4 is 16.2 Å². The van der Waals surface area contributed by atoms with Crippen LogP contribution in [0.25, 0.3) is 5.69 Å². The minimum atomic E-state index is -0.134. The zero-order valence-corrected chi connectivity index (χ0v) is 13.8. The van der Waals surface area contributed by atoms with E-state index >= 15 is 0 Å². The third-order valence-corrected chi connectivity index (χ3v) is 3.59. The molecule has 2 N–H and O–H groups in total. The van der Waals surface area contributed by atoms with Crippen molar-refractivity contribution in [3.63, 3.8) is 0 Å². The Morgan fingerprint density at radius 2 is 1.95 bits per heavy atom. The van der Waals surface area contributed by atoms with Crippen LogP contribution in [0.15, 0.2) is 47.3 Å². The maximum atomic E-state index is 12.7. The number of nitrogens with zero attached hydrogens (tertiary/aromatic N) is 2. The van der Waals surface area contributed by atoms with Crippen LogP contribution >= 0.6 is 12.2 Å². The van der Waals surface area contributed by atoms with Crippen molar-refractivity contribution < 1.29 is 0 Å². The summed E-state index contributed by atoms with van der Waals surface area (Å²) in [5.74, 6) is 0. The minimum Gasteiger partial charge on any atom is -0.359 e. The summed E-state index contributed by atoms with van der Waals surface area (Å²) in [5, 5.41) is 6.42. The fraction of sp³-hybridized carbons (Fsp3) is 0.250. The van der Waals surface area contributed by atoms with E-state index in [0.29, 0.717) is 17.3 Å². The quantitative estimate of drug-likeness (QED) is 0.671. The summed E-state index contributed by atoms with van der Waals surface area (Å²) in [4.78, 5) is 12.7. The second kappa shape index (κ2) is 6.62. The number of para-hydroxylation sites is 1. The van der Waals surface area contributed by atoms with Gasteiger partial charge >= 0.3 is 0 Å². The summed E-state index contributed by atoms with van der Waals surface area (Å²) in [6.07, 6.45) is 0. The van der Waals surface area contributed by atoms with E-state index in [1.807, 2.05) is 51.2 Å². The highest BCUT2D eigenvalue weighted by Crippen LogP contribution is 2.13. The molecule has 1 aromatic heterocycles. The van der Waals surface area contributed by atoms with Gasteiger partial charge in [0.1, 0.15) is 5.69 Å². The highest BCUT2D eigenvalue weighted by Gasteiger charge is 2.16. The lowest BCUT2D eigenvalue weighted by Crippen LogP contribution is -2.32. The van der Waals surface area contributed by atoms with E-state index < -0.39 is 0 Å². The molecule has 6 heteroatoms. The van der Waals surface area contributed by atoms with Crippen molar-refractivity contribution in [3.8, 4) is 5.69 Å². The number of anilines is 1. The number of aromatic nitrogens is 2. The monoisotopic (exact) mass is 316 g/mol. The van der Waals surface area contributed by atoms with Crippen molar-refractivity contribution in [2.45, 2.75) is 13.8 Å². The zero-order chi connectivity index (χ0) is 16.3. The van der Waals surface area contributed by atoms with E-state index in [-0.39, 0.29) is 5.56 Å². The second-order valence-electron chi connectivity index (χ2n) is 5.20. The van der Waals surface area contributed by atoms with Gasteiger partial charge in [0.05, 0.1) is 11.4 Å². The van der Waals surface area contributed by atoms with E-state index in [0.717, 1.165) is 17.0 Å². The van der Waals surface area contributed by atoms with E-state index in [1.165, 1.54) is 0 Å². The lowest BCUT2D eigenvalue weighted by molar-refractivity contribution is 0.630. The number of thiocarbonyl (C=S) groups is 1. The first-order valence-corrected chi connectivity index (χ1v) is 7.36. The average Bonchev–Trinajstić information content (AvgIpc) is 2.70. The molecule has 0 spiro atoms. The molecule has 0 aliphatic carbocycles. The molecule has 5 nitrogen and oxygen atoms in total. The predicted molar refractivity (Wildman–Crippen MR) is 94.8 cm³/mol. The summed E-state index contributed by atoms with van der Waals surface area (Å²) >= 11 is 5.22. The van der Waals surface area contributed by atoms with Crippen molar-refractivity contribution in [2.75, 3.05) is 11.9 Å². The molecule has 0 amide bonds. The maximum absolute atomic E-state index is 12.7. The summed E-state index contributed by atoms with van der Waals surface area (Å²) in [5.41, 5.74) is 2.94. The van der Waals surface area contributed by atoms with Crippen LogP contribution in [0, 0.1) is 6.92 Å². The Balaban J connectivity index is 2.33. The van der Waals surface area contributed by atoms with Crippen LogP contribution in [0.3, 0.4) is 0 Å². The summed E-state index contributed by atoms with van der Waals surface area (Å²) in [6, 6.07) is 9.50. The Labute approximate surface area is 135 Å². The first-order chi connectivity index (χ1) is 10.4. The average molecular weight is 316 g/mol. The molecule has 116 valence electrons. The van der Waals surface area contributed by atoms with Crippen LogP contribution in [-0.4, -0.2) is 21.0 Å². The standard InChI is InChI=1S/C16H20N4OS/c1-11(2)10-17-16(22)18-14-12(3)19(4)20(15(14)21)13-8-6-5-7-9-13/h5-9H,1,10H2,2-4H3,(H2,17,18,22). The molecular formula is C16H20N4OS. The normalized spacial score (nSPS) is 10.3. The molecule has 0 atom stereocenters. The molecule has 2 rings (SSSR count). The Kier molecular flexibility index (Phi) is 4.82. The molecular weight excluding hydrogens is 296 g/mol. The SMILES string of the molecule is C=C(C)CNC(=S)Nc1c(C)n(C)n(-c2ccccc2)c1=O. The molecule has 0 saturated carbocycles. The van der Waals surface area contributed by atoms with E-state index in [2.05, 4.69) is 17.2 Å². The Hall–Kier alpha value is -2.34. The molecule has 1 heterocycles. The molecule has 0 aliphatic heterocycles. The van der Waals surface area contributed by atoms with E-state index in [4.69, 9.17) is 12.2 Å². The molecule has 2 aromatic rings. The van der Waals surface area contributed by atoms with Crippen LogP contribution in [0.2, 0.25) is 0 Å². The van der Waals surface area contributed by atoms with Crippen molar-refractivity contribution in [3.05, 3.63) is 58.5 Å². The van der Waals surface area contributed by atoms with Gasteiger partial charge in [-0.05, 0) is 38.2 Å². The summed E-state index contributed by atoms with van der Waals surface area (Å²) in [7, 11) is 1.85. The van der Waals surface area contributed by atoms with Gasteiger partial charge < -0.3 is 10.6 Å². The fourth-order valence-corrected chi connectivity index (χ4v) is 2.28. The first kappa shape index (κ1) is 16.0. The number of nitrogens with one attached hydrogen (secondary N) is 2. The fourth-order valence-electron chi connectivity index (χ4n) is 2.10. The number of benzene rings is 1. The van der Waals surface area contributed by atoms with Gasteiger partial charge in [-0.3, -0.25) is 9.48 Å². The van der Waals surface area contributed by atoms with Gasteiger partial charge in [-0.25, -0.2) is 4.68 Å². The molecule has 0 unspecified atom stereocenters. The summed E-state index contributed by atoms with van der Waals surface area (Å²) < 4.78 is 3.42. The largest absolute Gasteiger partial charge is 0.359 e. The number of hydrogen-bond acceptors (Lipinski definition) is 2. The van der Waals surface area contributed by atoms with Gasteiger partial charge in [-0.15, -0.1) is 0 Å². The van der Waals surface area contributed by atoms with E-state index in [9.17, 15) is 4.79 Å². The van der Waals surface area contributed by atoms with Crippen molar-refractivity contribution in [1.29, 1.82) is 0 Å². The van der Waals surface area contributed by atoms with Crippen LogP contribution in [0.1, 0.15) is 12.6 Å². The molecule has 22 heavy (non-hydrogen) atoms. The molecule has 0 bridgehead atoms. The molecule has 0 aliphatic rings. The van der Waals surface area contributed by atoms with Crippen LogP contribution in [0.5, 0.6) is 0 Å². The lowest BCUT2D eigenvalue weighted by Gasteiger charge is -2.09. The van der Waals surface area contributed by atoms with Crippen LogP contribution in [0.4, 0.5) is 5.69 Å². The topological polar surface area (TPSA) is 51.0 Å². The third kappa shape index (κ3) is 3.28. The van der Waals surface area contributed by atoms with Crippen molar-refractivity contribution >= 4 is 23.0 Å². The van der Waals surface area contributed by atoms with Gasteiger partial charge in [0.25, 0.3) is 5.56 Å². The zero-order valence-electron chi connectivity index (χ0n) is 13.0. The Morgan fingerprint density at radius 1 is 1.32 bits per heavy atom. The van der Waals surface area contributed by atoms with Gasteiger partial charge in [-0.1, -0.05) is 30.4 Å². The van der Waals surface area contributed by atoms with Gasteiger partial charge in [0.15, 0.2) is 5.11 Å².